The molecule has 0 aliphatic carbocycles. The van der Waals surface area contributed by atoms with Gasteiger partial charge in [-0.3, -0.25) is 0 Å². The van der Waals surface area contributed by atoms with Crippen LogP contribution in [0.4, 0.5) is 0 Å². The third kappa shape index (κ3) is 7.01. The molecule has 0 saturated heterocycles. The van der Waals surface area contributed by atoms with Crippen LogP contribution in [0.1, 0.15) is 25.6 Å². The SMILES string of the molecule is CCCCN.Cc1nncnn1. The lowest BCUT2D eigenvalue weighted by Crippen LogP contribution is -1.95. The lowest BCUT2D eigenvalue weighted by atomic mass is 10.3. The van der Waals surface area contributed by atoms with Gasteiger partial charge in [-0.25, -0.2) is 0 Å². The lowest BCUT2D eigenvalue weighted by molar-refractivity contribution is 0.806. The standard InChI is InChI=1S/C4H11N.C3H4N4/c1-2-3-4-5;1-3-6-4-2-5-7-3/h2-5H2,1H3;2H,1H3. The molecule has 2 N–H and O–H groups in total. The smallest absolute Gasteiger partial charge is 0.170 e. The molecule has 0 unspecified atom stereocenters. The summed E-state index contributed by atoms with van der Waals surface area (Å²) >= 11 is 0. The van der Waals surface area contributed by atoms with Crippen molar-refractivity contribution in [3.8, 4) is 0 Å². The summed E-state index contributed by atoms with van der Waals surface area (Å²) in [5.41, 5.74) is 5.14. The van der Waals surface area contributed by atoms with Gasteiger partial charge in [-0.05, 0) is 19.9 Å². The summed E-state index contributed by atoms with van der Waals surface area (Å²) in [6.07, 6.45) is 3.68. The summed E-state index contributed by atoms with van der Waals surface area (Å²) < 4.78 is 0. The largest absolute Gasteiger partial charge is 0.330 e. The lowest BCUT2D eigenvalue weighted by Gasteiger charge is -1.80. The van der Waals surface area contributed by atoms with E-state index >= 15 is 0 Å². The van der Waals surface area contributed by atoms with Crippen LogP contribution in [0.25, 0.3) is 0 Å². The molecule has 5 nitrogen and oxygen atoms in total. The molecule has 0 atom stereocenters. The number of hydrogen-bond donors (Lipinski definition) is 1. The van der Waals surface area contributed by atoms with Gasteiger partial charge in [-0.2, -0.15) is 0 Å². The number of aryl methyl sites for hydroxylation is 1. The quantitative estimate of drug-likeness (QED) is 0.689. The van der Waals surface area contributed by atoms with E-state index in [1.54, 1.807) is 6.92 Å². The van der Waals surface area contributed by atoms with Gasteiger partial charge in [0, 0.05) is 0 Å². The minimum absolute atomic E-state index is 0.600. The summed E-state index contributed by atoms with van der Waals surface area (Å²) in [5, 5.41) is 14.0. The van der Waals surface area contributed by atoms with Crippen LogP contribution in [0.3, 0.4) is 0 Å². The van der Waals surface area contributed by atoms with Gasteiger partial charge in [0.15, 0.2) is 12.2 Å². The fourth-order valence-corrected chi connectivity index (χ4v) is 0.466. The molecule has 0 aliphatic rings. The Hall–Kier alpha value is -1.10. The van der Waals surface area contributed by atoms with Crippen molar-refractivity contribution in [1.82, 2.24) is 20.4 Å². The number of aromatic nitrogens is 4. The van der Waals surface area contributed by atoms with Crippen molar-refractivity contribution in [2.75, 3.05) is 6.54 Å². The number of unbranched alkanes of at least 4 members (excludes halogenated alkanes) is 1. The Bertz CT molecular complexity index is 174. The molecular weight excluding hydrogens is 154 g/mol. The molecule has 1 aromatic heterocycles. The van der Waals surface area contributed by atoms with E-state index < -0.39 is 0 Å². The van der Waals surface area contributed by atoms with E-state index in [0.29, 0.717) is 5.82 Å². The second kappa shape index (κ2) is 8.00. The van der Waals surface area contributed by atoms with Gasteiger partial charge < -0.3 is 5.73 Å². The predicted octanol–water partition coefficient (Wildman–Crippen LogP) is 0.320. The van der Waals surface area contributed by atoms with Crippen molar-refractivity contribution in [3.05, 3.63) is 12.2 Å². The van der Waals surface area contributed by atoms with Crippen molar-refractivity contribution < 1.29 is 0 Å². The molecule has 0 saturated carbocycles. The first-order valence-corrected chi connectivity index (χ1v) is 3.98. The number of nitrogens with two attached hydrogens (primary N) is 1. The van der Waals surface area contributed by atoms with Crippen LogP contribution >= 0.6 is 0 Å². The first kappa shape index (κ1) is 10.9. The molecule has 1 rings (SSSR count). The summed E-state index contributed by atoms with van der Waals surface area (Å²) in [6.45, 7) is 4.71. The van der Waals surface area contributed by atoms with Gasteiger partial charge in [0.2, 0.25) is 0 Å². The molecule has 0 aromatic carbocycles. The van der Waals surface area contributed by atoms with Crippen LogP contribution < -0.4 is 5.73 Å². The molecule has 68 valence electrons. The van der Waals surface area contributed by atoms with Gasteiger partial charge in [-0.1, -0.05) is 13.3 Å². The first-order chi connectivity index (χ1) is 5.81. The summed E-state index contributed by atoms with van der Waals surface area (Å²) in [7, 11) is 0. The average molecular weight is 169 g/mol. The minimum Gasteiger partial charge on any atom is -0.330 e. The second-order valence-electron chi connectivity index (χ2n) is 2.24. The highest BCUT2D eigenvalue weighted by molar-refractivity contribution is 4.65. The average Bonchev–Trinajstić information content (AvgIpc) is 2.08. The van der Waals surface area contributed by atoms with E-state index in [4.69, 9.17) is 5.73 Å². The van der Waals surface area contributed by atoms with E-state index in [9.17, 15) is 0 Å². The molecule has 0 radical (unpaired) electrons. The van der Waals surface area contributed by atoms with Crippen molar-refractivity contribution in [1.29, 1.82) is 0 Å². The Morgan fingerprint density at radius 2 is 1.92 bits per heavy atom. The Labute approximate surface area is 72.4 Å². The number of nitrogens with zero attached hydrogens (tertiary/aromatic N) is 4. The van der Waals surface area contributed by atoms with Crippen LogP contribution in [0.15, 0.2) is 6.33 Å². The zero-order chi connectivity index (χ0) is 9.23. The van der Waals surface area contributed by atoms with Crippen LogP contribution in [-0.2, 0) is 0 Å². The first-order valence-electron chi connectivity index (χ1n) is 3.98. The third-order valence-electron chi connectivity index (χ3n) is 1.07. The molecule has 5 heteroatoms. The van der Waals surface area contributed by atoms with Gasteiger partial charge in [0.1, 0.15) is 0 Å². The van der Waals surface area contributed by atoms with Gasteiger partial charge in [0.05, 0.1) is 0 Å². The number of hydrogen-bond acceptors (Lipinski definition) is 5. The molecule has 0 spiro atoms. The fraction of sp³-hybridized carbons (Fsp3) is 0.714. The maximum Gasteiger partial charge on any atom is 0.170 e. The molecule has 1 aromatic rings. The maximum atomic E-state index is 5.14. The highest BCUT2D eigenvalue weighted by Gasteiger charge is 1.78. The third-order valence-corrected chi connectivity index (χ3v) is 1.07. The Morgan fingerprint density at radius 1 is 1.33 bits per heavy atom. The van der Waals surface area contributed by atoms with Crippen molar-refractivity contribution in [2.24, 2.45) is 5.73 Å². The summed E-state index contributed by atoms with van der Waals surface area (Å²) in [6, 6.07) is 0. The van der Waals surface area contributed by atoms with Crippen molar-refractivity contribution >= 4 is 0 Å². The summed E-state index contributed by atoms with van der Waals surface area (Å²) in [5.74, 6) is 0.600. The monoisotopic (exact) mass is 169 g/mol. The van der Waals surface area contributed by atoms with E-state index in [-0.39, 0.29) is 0 Å². The highest BCUT2D eigenvalue weighted by Crippen LogP contribution is 1.77. The normalized spacial score (nSPS) is 8.58. The predicted molar refractivity (Wildman–Crippen MR) is 46.3 cm³/mol. The van der Waals surface area contributed by atoms with Crippen LogP contribution in [0.5, 0.6) is 0 Å². The van der Waals surface area contributed by atoms with E-state index in [1.807, 2.05) is 0 Å². The molecule has 12 heavy (non-hydrogen) atoms. The Morgan fingerprint density at radius 3 is 2.08 bits per heavy atom. The molecule has 0 aliphatic heterocycles. The maximum absolute atomic E-state index is 5.14. The van der Waals surface area contributed by atoms with Gasteiger partial charge in [-0.15, -0.1) is 20.4 Å². The number of rotatable bonds is 2. The molecule has 1 heterocycles. The minimum atomic E-state index is 0.600. The van der Waals surface area contributed by atoms with E-state index in [0.717, 1.165) is 6.54 Å². The van der Waals surface area contributed by atoms with E-state index in [1.165, 1.54) is 19.2 Å². The Kier molecular flexibility index (Phi) is 7.27. The zero-order valence-electron chi connectivity index (χ0n) is 7.56. The van der Waals surface area contributed by atoms with Gasteiger partial charge in [0.25, 0.3) is 0 Å². The fourth-order valence-electron chi connectivity index (χ4n) is 0.466. The van der Waals surface area contributed by atoms with Gasteiger partial charge >= 0.3 is 0 Å². The molecule has 0 bridgehead atoms. The van der Waals surface area contributed by atoms with Crippen molar-refractivity contribution in [3.63, 3.8) is 0 Å². The zero-order valence-corrected chi connectivity index (χ0v) is 7.56. The van der Waals surface area contributed by atoms with Crippen LogP contribution in [0.2, 0.25) is 0 Å². The summed E-state index contributed by atoms with van der Waals surface area (Å²) in [4.78, 5) is 0. The van der Waals surface area contributed by atoms with Crippen LogP contribution in [-0.4, -0.2) is 26.9 Å². The Balaban J connectivity index is 0.000000217. The molecule has 0 fully saturated rings. The highest BCUT2D eigenvalue weighted by atomic mass is 15.3. The van der Waals surface area contributed by atoms with E-state index in [2.05, 4.69) is 27.3 Å². The van der Waals surface area contributed by atoms with Crippen LogP contribution in [0, 0.1) is 6.92 Å². The molecule has 0 amide bonds. The topological polar surface area (TPSA) is 77.6 Å². The molecular formula is C7H15N5. The van der Waals surface area contributed by atoms with Crippen molar-refractivity contribution in [2.45, 2.75) is 26.7 Å². The second-order valence-corrected chi connectivity index (χ2v) is 2.24.